The Kier molecular flexibility index (Phi) is 5.15. The van der Waals surface area contributed by atoms with Crippen LogP contribution < -0.4 is 5.73 Å². The normalized spacial score (nSPS) is 13.6. The number of aryl methyl sites for hydroxylation is 1. The van der Waals surface area contributed by atoms with Gasteiger partial charge in [0.15, 0.2) is 5.82 Å². The molecule has 7 heteroatoms. The summed E-state index contributed by atoms with van der Waals surface area (Å²) in [5.41, 5.74) is 5.62. The van der Waals surface area contributed by atoms with Crippen LogP contribution in [0.4, 0.5) is 0 Å². The van der Waals surface area contributed by atoms with Gasteiger partial charge in [-0.3, -0.25) is 4.79 Å². The van der Waals surface area contributed by atoms with E-state index in [1.165, 1.54) is 11.8 Å². The minimum atomic E-state index is -1.01. The second-order valence-corrected chi connectivity index (χ2v) is 6.19. The fourth-order valence-electron chi connectivity index (χ4n) is 1.31. The molecule has 1 rings (SSSR count). The molecule has 0 aliphatic rings. The number of nitrogens with zero attached hydrogens (tertiary/aromatic N) is 2. The predicted octanol–water partition coefficient (Wildman–Crippen LogP) is 1.45. The molecule has 0 unspecified atom stereocenters. The average Bonchev–Trinajstić information content (AvgIpc) is 2.74. The van der Waals surface area contributed by atoms with Gasteiger partial charge >= 0.3 is 5.97 Å². The fourth-order valence-corrected chi connectivity index (χ4v) is 2.20. The molecule has 1 aromatic heterocycles. The van der Waals surface area contributed by atoms with Crippen LogP contribution in [0.15, 0.2) is 4.52 Å². The summed E-state index contributed by atoms with van der Waals surface area (Å²) in [6.45, 7) is 5.62. The molecule has 1 heterocycles. The second-order valence-electron chi connectivity index (χ2n) is 4.56. The minimum Gasteiger partial charge on any atom is -0.480 e. The first kappa shape index (κ1) is 15.0. The first-order chi connectivity index (χ1) is 8.36. The van der Waals surface area contributed by atoms with Gasteiger partial charge in [0.1, 0.15) is 6.04 Å². The Balaban J connectivity index is 2.55. The zero-order valence-corrected chi connectivity index (χ0v) is 11.7. The van der Waals surface area contributed by atoms with Gasteiger partial charge in [-0.1, -0.05) is 12.1 Å². The molecule has 0 bridgehead atoms. The van der Waals surface area contributed by atoms with Gasteiger partial charge < -0.3 is 15.4 Å². The third-order valence-corrected chi connectivity index (χ3v) is 3.96. The van der Waals surface area contributed by atoms with Crippen molar-refractivity contribution in [2.75, 3.05) is 0 Å². The number of aromatic nitrogens is 2. The SMILES string of the molecule is CCCc1noc(CSC(C)(C)[C@@H](N)C(=O)O)n1. The van der Waals surface area contributed by atoms with Crippen LogP contribution in [-0.2, 0) is 17.0 Å². The van der Waals surface area contributed by atoms with E-state index in [0.29, 0.717) is 17.5 Å². The lowest BCUT2D eigenvalue weighted by molar-refractivity contribution is -0.139. The summed E-state index contributed by atoms with van der Waals surface area (Å²) in [7, 11) is 0. The van der Waals surface area contributed by atoms with Crippen molar-refractivity contribution in [1.82, 2.24) is 10.1 Å². The minimum absolute atomic E-state index is 0.463. The van der Waals surface area contributed by atoms with Crippen molar-refractivity contribution in [3.63, 3.8) is 0 Å². The van der Waals surface area contributed by atoms with Crippen LogP contribution >= 0.6 is 11.8 Å². The standard InChI is InChI=1S/C11H19N3O3S/c1-4-5-7-13-8(17-14-7)6-18-11(2,3)9(12)10(15)16/h9H,4-6,12H2,1-3H3,(H,15,16)/t9-/m0/s1. The molecule has 6 nitrogen and oxygen atoms in total. The topological polar surface area (TPSA) is 102 Å². The molecule has 1 aromatic rings. The van der Waals surface area contributed by atoms with Gasteiger partial charge in [0, 0.05) is 11.2 Å². The van der Waals surface area contributed by atoms with Gasteiger partial charge in [-0.05, 0) is 20.3 Å². The third kappa shape index (κ3) is 3.99. The summed E-state index contributed by atoms with van der Waals surface area (Å²) in [6, 6.07) is -0.930. The maximum absolute atomic E-state index is 10.9. The summed E-state index contributed by atoms with van der Waals surface area (Å²) in [5, 5.41) is 12.7. The van der Waals surface area contributed by atoms with Gasteiger partial charge in [-0.15, -0.1) is 11.8 Å². The first-order valence-electron chi connectivity index (χ1n) is 5.80. The molecule has 3 N–H and O–H groups in total. The number of carboxylic acid groups (broad SMARTS) is 1. The van der Waals surface area contributed by atoms with Gasteiger partial charge in [-0.25, -0.2) is 0 Å². The maximum atomic E-state index is 10.9. The number of carboxylic acids is 1. The molecular weight excluding hydrogens is 254 g/mol. The number of hydrogen-bond acceptors (Lipinski definition) is 6. The van der Waals surface area contributed by atoms with E-state index >= 15 is 0 Å². The largest absolute Gasteiger partial charge is 0.480 e. The van der Waals surface area contributed by atoms with Gasteiger partial charge in [0.05, 0.1) is 5.75 Å². The van der Waals surface area contributed by atoms with Gasteiger partial charge in [-0.2, -0.15) is 4.98 Å². The smallest absolute Gasteiger partial charge is 0.321 e. The van der Waals surface area contributed by atoms with E-state index < -0.39 is 16.8 Å². The van der Waals surface area contributed by atoms with E-state index in [1.807, 2.05) is 6.92 Å². The number of aliphatic carboxylic acids is 1. The highest BCUT2D eigenvalue weighted by Crippen LogP contribution is 2.30. The Bertz CT molecular complexity index is 406. The molecule has 0 saturated heterocycles. The van der Waals surface area contributed by atoms with Crippen LogP contribution in [0.3, 0.4) is 0 Å². The lowest BCUT2D eigenvalue weighted by atomic mass is 10.1. The molecule has 0 saturated carbocycles. The van der Waals surface area contributed by atoms with E-state index in [9.17, 15) is 4.79 Å². The van der Waals surface area contributed by atoms with E-state index in [2.05, 4.69) is 10.1 Å². The van der Waals surface area contributed by atoms with Crippen LogP contribution in [0, 0.1) is 0 Å². The average molecular weight is 273 g/mol. The molecule has 102 valence electrons. The van der Waals surface area contributed by atoms with Crippen molar-refractivity contribution in [2.45, 2.75) is 50.2 Å². The fraction of sp³-hybridized carbons (Fsp3) is 0.727. The molecule has 0 fully saturated rings. The lowest BCUT2D eigenvalue weighted by Gasteiger charge is -2.27. The lowest BCUT2D eigenvalue weighted by Crippen LogP contribution is -2.46. The number of rotatable bonds is 7. The number of thioether (sulfide) groups is 1. The van der Waals surface area contributed by atoms with Crippen LogP contribution in [0.2, 0.25) is 0 Å². The van der Waals surface area contributed by atoms with E-state index in [-0.39, 0.29) is 0 Å². The van der Waals surface area contributed by atoms with Crippen LogP contribution in [0.1, 0.15) is 38.9 Å². The second kappa shape index (κ2) is 6.19. The van der Waals surface area contributed by atoms with Crippen LogP contribution in [-0.4, -0.2) is 32.0 Å². The third-order valence-electron chi connectivity index (χ3n) is 2.57. The highest BCUT2D eigenvalue weighted by molar-refractivity contribution is 7.99. The van der Waals surface area contributed by atoms with Crippen molar-refractivity contribution >= 4 is 17.7 Å². The van der Waals surface area contributed by atoms with Gasteiger partial charge in [0.25, 0.3) is 0 Å². The van der Waals surface area contributed by atoms with Crippen molar-refractivity contribution < 1.29 is 14.4 Å². The zero-order valence-electron chi connectivity index (χ0n) is 10.8. The Morgan fingerprint density at radius 1 is 1.61 bits per heavy atom. The molecule has 0 radical (unpaired) electrons. The van der Waals surface area contributed by atoms with E-state index in [0.717, 1.165) is 12.8 Å². The Hall–Kier alpha value is -1.08. The quantitative estimate of drug-likeness (QED) is 0.775. The molecule has 0 aliphatic heterocycles. The summed E-state index contributed by atoms with van der Waals surface area (Å²) >= 11 is 1.40. The monoisotopic (exact) mass is 273 g/mol. The molecule has 1 atom stereocenters. The van der Waals surface area contributed by atoms with Gasteiger partial charge in [0.2, 0.25) is 5.89 Å². The maximum Gasteiger partial charge on any atom is 0.321 e. The summed E-state index contributed by atoms with van der Waals surface area (Å²) < 4.78 is 4.49. The van der Waals surface area contributed by atoms with Crippen molar-refractivity contribution in [2.24, 2.45) is 5.73 Å². The molecule has 0 amide bonds. The highest BCUT2D eigenvalue weighted by atomic mass is 32.2. The molecule has 0 aromatic carbocycles. The predicted molar refractivity (Wildman–Crippen MR) is 69.3 cm³/mol. The number of nitrogens with two attached hydrogens (primary N) is 1. The summed E-state index contributed by atoms with van der Waals surface area (Å²) in [4.78, 5) is 15.1. The molecule has 18 heavy (non-hydrogen) atoms. The Morgan fingerprint density at radius 3 is 2.83 bits per heavy atom. The van der Waals surface area contributed by atoms with Crippen molar-refractivity contribution in [1.29, 1.82) is 0 Å². The zero-order chi connectivity index (χ0) is 13.8. The van der Waals surface area contributed by atoms with E-state index in [4.69, 9.17) is 15.4 Å². The molecule has 0 spiro atoms. The first-order valence-corrected chi connectivity index (χ1v) is 6.79. The summed E-state index contributed by atoms with van der Waals surface area (Å²) in [5.74, 6) is 0.650. The van der Waals surface area contributed by atoms with Crippen molar-refractivity contribution in [3.8, 4) is 0 Å². The number of carbonyl (C=O) groups is 1. The highest BCUT2D eigenvalue weighted by Gasteiger charge is 2.33. The van der Waals surface area contributed by atoms with Crippen LogP contribution in [0.25, 0.3) is 0 Å². The molecular formula is C11H19N3O3S. The van der Waals surface area contributed by atoms with E-state index in [1.54, 1.807) is 13.8 Å². The number of hydrogen-bond donors (Lipinski definition) is 2. The van der Waals surface area contributed by atoms with Crippen LogP contribution in [0.5, 0.6) is 0 Å². The van der Waals surface area contributed by atoms with Crippen molar-refractivity contribution in [3.05, 3.63) is 11.7 Å². The summed E-state index contributed by atoms with van der Waals surface area (Å²) in [6.07, 6.45) is 1.74. The molecule has 0 aliphatic carbocycles. The Labute approximate surface area is 110 Å². The Morgan fingerprint density at radius 2 is 2.28 bits per heavy atom.